The molecule has 7 heteroatoms. The van der Waals surface area contributed by atoms with E-state index < -0.39 is 0 Å². The van der Waals surface area contributed by atoms with Gasteiger partial charge in [-0.25, -0.2) is 4.79 Å². The van der Waals surface area contributed by atoms with E-state index in [-0.39, 0.29) is 24.5 Å². The Morgan fingerprint density at radius 3 is 2.52 bits per heavy atom. The van der Waals surface area contributed by atoms with E-state index in [0.717, 1.165) is 52.0 Å². The molecule has 0 bridgehead atoms. The SMILES string of the molecule is O=C(CNC(=O)NC1CCCCC1)NCCCN1CCNCC1. The van der Waals surface area contributed by atoms with Crippen molar-refractivity contribution in [3.05, 3.63) is 0 Å². The quantitative estimate of drug-likeness (QED) is 0.498. The summed E-state index contributed by atoms with van der Waals surface area (Å²) in [7, 11) is 0. The van der Waals surface area contributed by atoms with E-state index in [1.165, 1.54) is 19.3 Å². The van der Waals surface area contributed by atoms with Crippen LogP contribution in [-0.2, 0) is 4.79 Å². The standard InChI is InChI=1S/C16H31N5O2/c22-15(18-7-4-10-21-11-8-17-9-12-21)13-19-16(23)20-14-5-2-1-3-6-14/h14,17H,1-13H2,(H,18,22)(H2,19,20,23). The first-order valence-electron chi connectivity index (χ1n) is 8.98. The zero-order valence-electron chi connectivity index (χ0n) is 14.0. The Hall–Kier alpha value is -1.34. The molecule has 2 aliphatic rings. The highest BCUT2D eigenvalue weighted by molar-refractivity contribution is 5.83. The van der Waals surface area contributed by atoms with Crippen LogP contribution in [0.4, 0.5) is 4.79 Å². The van der Waals surface area contributed by atoms with Gasteiger partial charge >= 0.3 is 6.03 Å². The first-order valence-corrected chi connectivity index (χ1v) is 8.98. The minimum Gasteiger partial charge on any atom is -0.355 e. The molecule has 0 aromatic heterocycles. The van der Waals surface area contributed by atoms with Crippen LogP contribution in [-0.4, -0.2) is 68.7 Å². The minimum atomic E-state index is -0.229. The predicted molar refractivity (Wildman–Crippen MR) is 90.3 cm³/mol. The maximum Gasteiger partial charge on any atom is 0.315 e. The number of amides is 3. The summed E-state index contributed by atoms with van der Waals surface area (Å²) in [6.07, 6.45) is 6.66. The molecule has 2 fully saturated rings. The number of carbonyl (C=O) groups excluding carboxylic acids is 2. The van der Waals surface area contributed by atoms with E-state index >= 15 is 0 Å². The summed E-state index contributed by atoms with van der Waals surface area (Å²) in [6.45, 7) is 5.98. The van der Waals surface area contributed by atoms with Gasteiger partial charge in [0.15, 0.2) is 0 Å². The molecule has 1 saturated heterocycles. The number of nitrogens with zero attached hydrogens (tertiary/aromatic N) is 1. The summed E-state index contributed by atoms with van der Waals surface area (Å²) in [5, 5.41) is 11.8. The van der Waals surface area contributed by atoms with Crippen molar-refractivity contribution in [2.45, 2.75) is 44.6 Å². The molecule has 0 atom stereocenters. The normalized spacial score (nSPS) is 20.0. The van der Waals surface area contributed by atoms with Crippen LogP contribution in [0, 0.1) is 0 Å². The van der Waals surface area contributed by atoms with Crippen molar-refractivity contribution in [3.8, 4) is 0 Å². The van der Waals surface area contributed by atoms with Crippen LogP contribution in [0.2, 0.25) is 0 Å². The molecule has 1 saturated carbocycles. The molecule has 4 N–H and O–H groups in total. The molecule has 7 nitrogen and oxygen atoms in total. The van der Waals surface area contributed by atoms with Crippen molar-refractivity contribution >= 4 is 11.9 Å². The number of nitrogens with one attached hydrogen (secondary N) is 4. The Labute approximate surface area is 138 Å². The minimum absolute atomic E-state index is 0.0478. The van der Waals surface area contributed by atoms with Gasteiger partial charge in [0.05, 0.1) is 6.54 Å². The van der Waals surface area contributed by atoms with E-state index in [1.807, 2.05) is 0 Å². The molecule has 1 aliphatic heterocycles. The number of urea groups is 1. The van der Waals surface area contributed by atoms with Crippen molar-refractivity contribution in [2.75, 3.05) is 45.8 Å². The molecule has 0 unspecified atom stereocenters. The number of carbonyl (C=O) groups is 2. The monoisotopic (exact) mass is 325 g/mol. The predicted octanol–water partition coefficient (Wildman–Crippen LogP) is 0.0298. The third-order valence-electron chi connectivity index (χ3n) is 4.53. The van der Waals surface area contributed by atoms with Crippen molar-refractivity contribution in [3.63, 3.8) is 0 Å². The highest BCUT2D eigenvalue weighted by Gasteiger charge is 2.15. The van der Waals surface area contributed by atoms with Crippen molar-refractivity contribution < 1.29 is 9.59 Å². The van der Waals surface area contributed by atoms with Crippen LogP contribution in [0.25, 0.3) is 0 Å². The van der Waals surface area contributed by atoms with Gasteiger partial charge in [-0.1, -0.05) is 19.3 Å². The molecular weight excluding hydrogens is 294 g/mol. The van der Waals surface area contributed by atoms with Gasteiger partial charge in [0.1, 0.15) is 0 Å². The lowest BCUT2D eigenvalue weighted by Gasteiger charge is -2.27. The second-order valence-electron chi connectivity index (χ2n) is 6.46. The summed E-state index contributed by atoms with van der Waals surface area (Å²) in [5.74, 6) is -0.121. The zero-order chi connectivity index (χ0) is 16.3. The Morgan fingerprint density at radius 2 is 1.78 bits per heavy atom. The molecule has 0 aromatic carbocycles. The van der Waals surface area contributed by atoms with Crippen molar-refractivity contribution in [1.29, 1.82) is 0 Å². The van der Waals surface area contributed by atoms with Crippen molar-refractivity contribution in [1.82, 2.24) is 26.2 Å². The lowest BCUT2D eigenvalue weighted by Crippen LogP contribution is -2.46. The Bertz CT molecular complexity index is 365. The summed E-state index contributed by atoms with van der Waals surface area (Å²) >= 11 is 0. The van der Waals surface area contributed by atoms with Gasteiger partial charge in [-0.3, -0.25) is 4.79 Å². The fraction of sp³-hybridized carbons (Fsp3) is 0.875. The van der Waals surface area contributed by atoms with E-state index in [2.05, 4.69) is 26.2 Å². The van der Waals surface area contributed by atoms with E-state index in [0.29, 0.717) is 6.54 Å². The van der Waals surface area contributed by atoms with E-state index in [9.17, 15) is 9.59 Å². The molecule has 0 radical (unpaired) electrons. The van der Waals surface area contributed by atoms with Crippen LogP contribution in [0.3, 0.4) is 0 Å². The topological polar surface area (TPSA) is 85.5 Å². The second-order valence-corrected chi connectivity index (χ2v) is 6.46. The summed E-state index contributed by atoms with van der Waals surface area (Å²) < 4.78 is 0. The number of hydrogen-bond donors (Lipinski definition) is 4. The number of rotatable bonds is 7. The third-order valence-corrected chi connectivity index (χ3v) is 4.53. The molecule has 1 aliphatic carbocycles. The Kier molecular flexibility index (Phi) is 8.17. The largest absolute Gasteiger partial charge is 0.355 e. The smallest absolute Gasteiger partial charge is 0.315 e. The fourth-order valence-corrected chi connectivity index (χ4v) is 3.17. The first kappa shape index (κ1) is 18.0. The van der Waals surface area contributed by atoms with Crippen molar-refractivity contribution in [2.24, 2.45) is 0 Å². The van der Waals surface area contributed by atoms with E-state index in [4.69, 9.17) is 0 Å². The van der Waals surface area contributed by atoms with Crippen LogP contribution in [0.15, 0.2) is 0 Å². The lowest BCUT2D eigenvalue weighted by molar-refractivity contribution is -0.120. The molecule has 0 aromatic rings. The van der Waals surface area contributed by atoms with Gasteiger partial charge in [0, 0.05) is 38.8 Å². The van der Waals surface area contributed by atoms with Crippen LogP contribution in [0.1, 0.15) is 38.5 Å². The summed E-state index contributed by atoms with van der Waals surface area (Å²) in [5.41, 5.74) is 0. The van der Waals surface area contributed by atoms with Gasteiger partial charge in [-0.15, -0.1) is 0 Å². The molecule has 3 amide bonds. The maximum absolute atomic E-state index is 11.7. The van der Waals surface area contributed by atoms with Gasteiger partial charge < -0.3 is 26.2 Å². The van der Waals surface area contributed by atoms with Crippen LogP contribution in [0.5, 0.6) is 0 Å². The highest BCUT2D eigenvalue weighted by atomic mass is 16.2. The summed E-state index contributed by atoms with van der Waals surface area (Å²) in [4.78, 5) is 25.9. The Morgan fingerprint density at radius 1 is 1.04 bits per heavy atom. The number of piperazine rings is 1. The first-order chi connectivity index (χ1) is 11.2. The molecule has 0 spiro atoms. The molecule has 2 rings (SSSR count). The fourth-order valence-electron chi connectivity index (χ4n) is 3.17. The zero-order valence-corrected chi connectivity index (χ0v) is 14.0. The maximum atomic E-state index is 11.7. The average Bonchev–Trinajstić information content (AvgIpc) is 2.59. The van der Waals surface area contributed by atoms with Gasteiger partial charge in [0.25, 0.3) is 0 Å². The van der Waals surface area contributed by atoms with Crippen LogP contribution < -0.4 is 21.3 Å². The average molecular weight is 325 g/mol. The van der Waals surface area contributed by atoms with Gasteiger partial charge in [0.2, 0.25) is 5.91 Å². The molecule has 132 valence electrons. The molecule has 1 heterocycles. The van der Waals surface area contributed by atoms with Gasteiger partial charge in [-0.2, -0.15) is 0 Å². The highest BCUT2D eigenvalue weighted by Crippen LogP contribution is 2.16. The summed E-state index contributed by atoms with van der Waals surface area (Å²) in [6, 6.07) is 0.0405. The van der Waals surface area contributed by atoms with E-state index in [1.54, 1.807) is 0 Å². The number of hydrogen-bond acceptors (Lipinski definition) is 4. The second kappa shape index (κ2) is 10.4. The molecule has 23 heavy (non-hydrogen) atoms. The van der Waals surface area contributed by atoms with Gasteiger partial charge in [-0.05, 0) is 25.8 Å². The third kappa shape index (κ3) is 7.65. The lowest BCUT2D eigenvalue weighted by atomic mass is 9.96. The Balaban J connectivity index is 1.46. The van der Waals surface area contributed by atoms with Crippen LogP contribution >= 0.6 is 0 Å². The molecular formula is C16H31N5O2.